The molecule has 0 bridgehead atoms. The van der Waals surface area contributed by atoms with Crippen molar-refractivity contribution in [3.8, 4) is 11.5 Å². The van der Waals surface area contributed by atoms with Gasteiger partial charge in [0.1, 0.15) is 13.2 Å². The standard InChI is InChI=1S/C15H14ClN3O3S2/c1-2-5-23-15-19-18-14(24-15)17-12(20)8-9-6-10(16)13-11(7-9)21-3-4-22-13/h2,6-7H,1,3-5,8H2,(H,17,18,20). The van der Waals surface area contributed by atoms with E-state index in [2.05, 4.69) is 22.1 Å². The van der Waals surface area contributed by atoms with Crippen LogP contribution in [0.15, 0.2) is 29.1 Å². The van der Waals surface area contributed by atoms with Crippen LogP contribution in [0.2, 0.25) is 5.02 Å². The van der Waals surface area contributed by atoms with Crippen molar-refractivity contribution in [2.24, 2.45) is 0 Å². The van der Waals surface area contributed by atoms with Gasteiger partial charge in [-0.1, -0.05) is 40.8 Å². The summed E-state index contributed by atoms with van der Waals surface area (Å²) in [6, 6.07) is 3.48. The molecule has 0 aliphatic carbocycles. The number of halogens is 1. The highest BCUT2D eigenvalue weighted by molar-refractivity contribution is 8.01. The maximum atomic E-state index is 12.2. The molecule has 1 amide bonds. The number of aromatic nitrogens is 2. The number of nitrogens with zero attached hydrogens (tertiary/aromatic N) is 2. The van der Waals surface area contributed by atoms with Gasteiger partial charge in [-0.2, -0.15) is 0 Å². The average Bonchev–Trinajstić information content (AvgIpc) is 3.00. The number of carbonyl (C=O) groups is 1. The van der Waals surface area contributed by atoms with Gasteiger partial charge in [0, 0.05) is 5.75 Å². The molecule has 0 saturated carbocycles. The zero-order valence-corrected chi connectivity index (χ0v) is 15.0. The van der Waals surface area contributed by atoms with Gasteiger partial charge in [-0.3, -0.25) is 4.79 Å². The zero-order valence-electron chi connectivity index (χ0n) is 12.6. The topological polar surface area (TPSA) is 73.3 Å². The minimum Gasteiger partial charge on any atom is -0.486 e. The minimum atomic E-state index is -0.195. The van der Waals surface area contributed by atoms with Crippen molar-refractivity contribution in [1.29, 1.82) is 0 Å². The number of amides is 1. The molecule has 0 fully saturated rings. The fraction of sp³-hybridized carbons (Fsp3) is 0.267. The summed E-state index contributed by atoms with van der Waals surface area (Å²) >= 11 is 9.02. The first-order valence-corrected chi connectivity index (χ1v) is 9.29. The maximum Gasteiger partial charge on any atom is 0.230 e. The van der Waals surface area contributed by atoms with Crippen LogP contribution in [-0.4, -0.2) is 35.1 Å². The largest absolute Gasteiger partial charge is 0.486 e. The number of nitrogens with one attached hydrogen (secondary N) is 1. The van der Waals surface area contributed by atoms with Crippen LogP contribution < -0.4 is 14.8 Å². The van der Waals surface area contributed by atoms with Gasteiger partial charge in [-0.25, -0.2) is 0 Å². The van der Waals surface area contributed by atoms with E-state index in [1.807, 2.05) is 0 Å². The lowest BCUT2D eigenvalue weighted by Crippen LogP contribution is -2.17. The van der Waals surface area contributed by atoms with Gasteiger partial charge in [-0.15, -0.1) is 16.8 Å². The number of ether oxygens (including phenoxy) is 2. The van der Waals surface area contributed by atoms with E-state index in [1.165, 1.54) is 23.1 Å². The highest BCUT2D eigenvalue weighted by Crippen LogP contribution is 2.38. The van der Waals surface area contributed by atoms with Crippen molar-refractivity contribution in [3.63, 3.8) is 0 Å². The number of hydrogen-bond donors (Lipinski definition) is 1. The summed E-state index contributed by atoms with van der Waals surface area (Å²) in [6.45, 7) is 4.59. The summed E-state index contributed by atoms with van der Waals surface area (Å²) in [5.41, 5.74) is 0.743. The van der Waals surface area contributed by atoms with Crippen LogP contribution in [0.4, 0.5) is 5.13 Å². The van der Waals surface area contributed by atoms with E-state index >= 15 is 0 Å². The first-order valence-electron chi connectivity index (χ1n) is 7.11. The van der Waals surface area contributed by atoms with Gasteiger partial charge in [0.15, 0.2) is 15.8 Å². The Labute approximate surface area is 152 Å². The second-order valence-electron chi connectivity index (χ2n) is 4.80. The van der Waals surface area contributed by atoms with Gasteiger partial charge >= 0.3 is 0 Å². The molecule has 0 saturated heterocycles. The average molecular weight is 384 g/mol. The molecule has 1 aromatic carbocycles. The monoisotopic (exact) mass is 383 g/mol. The van der Waals surface area contributed by atoms with Gasteiger partial charge in [0.05, 0.1) is 11.4 Å². The predicted molar refractivity (Wildman–Crippen MR) is 95.6 cm³/mol. The number of anilines is 1. The SMILES string of the molecule is C=CCSc1nnc(NC(=O)Cc2cc(Cl)c3c(c2)OCCO3)s1. The predicted octanol–water partition coefficient (Wildman–Crippen LogP) is 3.42. The Morgan fingerprint density at radius 3 is 3.08 bits per heavy atom. The van der Waals surface area contributed by atoms with Crippen molar-refractivity contribution < 1.29 is 14.3 Å². The molecule has 3 rings (SSSR count). The zero-order chi connectivity index (χ0) is 16.9. The quantitative estimate of drug-likeness (QED) is 0.468. The second-order valence-corrected chi connectivity index (χ2v) is 7.45. The number of carbonyl (C=O) groups excluding carboxylic acids is 1. The van der Waals surface area contributed by atoms with E-state index in [0.717, 1.165) is 15.7 Å². The summed E-state index contributed by atoms with van der Waals surface area (Å²) in [6.07, 6.45) is 1.95. The summed E-state index contributed by atoms with van der Waals surface area (Å²) in [4.78, 5) is 12.2. The normalized spacial score (nSPS) is 12.7. The highest BCUT2D eigenvalue weighted by atomic mass is 35.5. The number of benzene rings is 1. The summed E-state index contributed by atoms with van der Waals surface area (Å²) in [5.74, 6) is 1.65. The van der Waals surface area contributed by atoms with Crippen LogP contribution in [0, 0.1) is 0 Å². The summed E-state index contributed by atoms with van der Waals surface area (Å²) in [7, 11) is 0. The smallest absolute Gasteiger partial charge is 0.230 e. The van der Waals surface area contributed by atoms with Crippen molar-refractivity contribution in [2.75, 3.05) is 24.3 Å². The van der Waals surface area contributed by atoms with Gasteiger partial charge in [-0.05, 0) is 17.7 Å². The van der Waals surface area contributed by atoms with Crippen molar-refractivity contribution in [3.05, 3.63) is 35.4 Å². The van der Waals surface area contributed by atoms with Crippen molar-refractivity contribution in [1.82, 2.24) is 10.2 Å². The fourth-order valence-corrected chi connectivity index (χ4v) is 3.88. The molecular weight excluding hydrogens is 370 g/mol. The molecule has 1 aliphatic rings. The Balaban J connectivity index is 1.63. The molecule has 6 nitrogen and oxygen atoms in total. The molecule has 0 unspecified atom stereocenters. The van der Waals surface area contributed by atoms with Crippen molar-refractivity contribution >= 4 is 45.7 Å². The van der Waals surface area contributed by atoms with Crippen molar-refractivity contribution in [2.45, 2.75) is 10.8 Å². The van der Waals surface area contributed by atoms with Gasteiger partial charge in [0.2, 0.25) is 11.0 Å². The number of fused-ring (bicyclic) bond motifs is 1. The molecule has 2 aromatic rings. The Hall–Kier alpha value is -1.77. The van der Waals surface area contributed by atoms with Gasteiger partial charge in [0.25, 0.3) is 0 Å². The van der Waals surface area contributed by atoms with Gasteiger partial charge < -0.3 is 14.8 Å². The fourth-order valence-electron chi connectivity index (χ4n) is 2.06. The highest BCUT2D eigenvalue weighted by Gasteiger charge is 2.18. The first kappa shape index (κ1) is 17.1. The first-order chi connectivity index (χ1) is 11.7. The third-order valence-corrected chi connectivity index (χ3v) is 5.25. The Morgan fingerprint density at radius 2 is 2.25 bits per heavy atom. The maximum absolute atomic E-state index is 12.2. The Bertz CT molecular complexity index is 766. The lowest BCUT2D eigenvalue weighted by atomic mass is 10.1. The van der Waals surface area contributed by atoms with Crippen LogP contribution in [0.3, 0.4) is 0 Å². The molecular formula is C15H14ClN3O3S2. The van der Waals surface area contributed by atoms with E-state index in [-0.39, 0.29) is 12.3 Å². The third kappa shape index (κ3) is 4.19. The van der Waals surface area contributed by atoms with E-state index < -0.39 is 0 Å². The lowest BCUT2D eigenvalue weighted by molar-refractivity contribution is -0.115. The third-order valence-electron chi connectivity index (χ3n) is 3.00. The molecule has 0 atom stereocenters. The molecule has 0 spiro atoms. The van der Waals surface area contributed by atoms with E-state index in [0.29, 0.717) is 34.9 Å². The molecule has 1 N–H and O–H groups in total. The number of rotatable bonds is 6. The molecule has 1 aliphatic heterocycles. The number of hydrogen-bond acceptors (Lipinski definition) is 7. The van der Waals surface area contributed by atoms with Crippen LogP contribution in [0.25, 0.3) is 0 Å². The molecule has 126 valence electrons. The lowest BCUT2D eigenvalue weighted by Gasteiger charge is -2.20. The summed E-state index contributed by atoms with van der Waals surface area (Å²) < 4.78 is 11.8. The molecule has 24 heavy (non-hydrogen) atoms. The second kappa shape index (κ2) is 7.87. The Morgan fingerprint density at radius 1 is 1.42 bits per heavy atom. The Kier molecular flexibility index (Phi) is 5.60. The molecule has 9 heteroatoms. The van der Waals surface area contributed by atoms with Crippen LogP contribution in [-0.2, 0) is 11.2 Å². The molecule has 1 aromatic heterocycles. The number of thioether (sulfide) groups is 1. The van der Waals surface area contributed by atoms with Crippen LogP contribution >= 0.6 is 34.7 Å². The summed E-state index contributed by atoms with van der Waals surface area (Å²) in [5, 5.41) is 11.6. The van der Waals surface area contributed by atoms with E-state index in [4.69, 9.17) is 21.1 Å². The van der Waals surface area contributed by atoms with E-state index in [9.17, 15) is 4.79 Å². The van der Waals surface area contributed by atoms with E-state index in [1.54, 1.807) is 18.2 Å². The molecule has 0 radical (unpaired) electrons. The molecule has 2 heterocycles. The van der Waals surface area contributed by atoms with Crippen LogP contribution in [0.5, 0.6) is 11.5 Å². The minimum absolute atomic E-state index is 0.158. The van der Waals surface area contributed by atoms with Crippen LogP contribution in [0.1, 0.15) is 5.56 Å².